The molecule has 0 bridgehead atoms. The Morgan fingerprint density at radius 3 is 2.25 bits per heavy atom. The van der Waals surface area contributed by atoms with Crippen molar-refractivity contribution in [3.63, 3.8) is 0 Å². The van der Waals surface area contributed by atoms with Crippen molar-refractivity contribution in [2.75, 3.05) is 26.9 Å². The first-order chi connectivity index (χ1) is 5.68. The highest BCUT2D eigenvalue weighted by Gasteiger charge is 1.81. The van der Waals surface area contributed by atoms with Crippen molar-refractivity contribution in [3.8, 4) is 0 Å². The molecule has 1 atom stereocenters. The molecule has 0 amide bonds. The lowest BCUT2D eigenvalue weighted by Gasteiger charge is -1.89. The maximum Gasteiger partial charge on any atom is 0.316 e. The Balaban J connectivity index is 0. The van der Waals surface area contributed by atoms with Crippen LogP contribution in [0.25, 0.3) is 0 Å². The molecular formula is C6H18NO4P. The first-order valence-corrected chi connectivity index (χ1v) is 5.00. The second-order valence-corrected chi connectivity index (χ2v) is 2.65. The molecule has 0 radical (unpaired) electrons. The van der Waals surface area contributed by atoms with Crippen molar-refractivity contribution in [3.05, 3.63) is 0 Å². The minimum Gasteiger partial charge on any atom is -0.385 e. The van der Waals surface area contributed by atoms with Crippen molar-refractivity contribution in [1.82, 2.24) is 0 Å². The summed E-state index contributed by atoms with van der Waals surface area (Å²) >= 11 is 0. The van der Waals surface area contributed by atoms with Gasteiger partial charge in [-0.3, -0.25) is 4.57 Å². The summed E-state index contributed by atoms with van der Waals surface area (Å²) in [5.74, 6) is 0. The Kier molecular flexibility index (Phi) is 16.6. The monoisotopic (exact) mass is 199 g/mol. The molecule has 3 N–H and O–H groups in total. The summed E-state index contributed by atoms with van der Waals surface area (Å²) in [7, 11) is -0.959. The molecule has 0 heterocycles. The normalized spacial score (nSPS) is 11.7. The smallest absolute Gasteiger partial charge is 0.316 e. The van der Waals surface area contributed by atoms with Gasteiger partial charge in [0.2, 0.25) is 0 Å². The summed E-state index contributed by atoms with van der Waals surface area (Å²) in [5.41, 5.74) is 5.13. The van der Waals surface area contributed by atoms with E-state index in [9.17, 15) is 4.57 Å². The van der Waals surface area contributed by atoms with E-state index >= 15 is 0 Å². The fourth-order valence-electron chi connectivity index (χ4n) is 0.351. The van der Waals surface area contributed by atoms with Gasteiger partial charge in [0.15, 0.2) is 0 Å². The van der Waals surface area contributed by atoms with Gasteiger partial charge in [0.25, 0.3) is 0 Å². The molecule has 0 saturated carbocycles. The third-order valence-corrected chi connectivity index (χ3v) is 1.36. The summed E-state index contributed by atoms with van der Waals surface area (Å²) in [6.45, 7) is 3.50. The molecule has 0 aliphatic heterocycles. The molecule has 12 heavy (non-hydrogen) atoms. The number of methoxy groups -OCH3 is 1. The van der Waals surface area contributed by atoms with Gasteiger partial charge in [0.1, 0.15) is 0 Å². The standard InChI is InChI=1S/C4H11NO.C2H7O3P/c1-6-4-2-3-5;1-2-5-6(3)4/h2-5H2,1H3;6H,2H2,1H3,(H,3,4). The second kappa shape index (κ2) is 13.6. The van der Waals surface area contributed by atoms with Crippen LogP contribution >= 0.6 is 8.25 Å². The molecule has 76 valence electrons. The van der Waals surface area contributed by atoms with Gasteiger partial charge in [0.05, 0.1) is 6.61 Å². The average molecular weight is 199 g/mol. The molecule has 1 unspecified atom stereocenters. The maximum absolute atomic E-state index is 9.56. The van der Waals surface area contributed by atoms with E-state index in [-0.39, 0.29) is 0 Å². The van der Waals surface area contributed by atoms with Gasteiger partial charge in [-0.1, -0.05) is 0 Å². The van der Waals surface area contributed by atoms with Crippen LogP contribution in [0.4, 0.5) is 0 Å². The van der Waals surface area contributed by atoms with E-state index in [1.165, 1.54) is 0 Å². The Labute approximate surface area is 73.8 Å². The molecule has 5 nitrogen and oxygen atoms in total. The predicted octanol–water partition coefficient (Wildman–Crippen LogP) is 0.386. The van der Waals surface area contributed by atoms with Crippen LogP contribution in [-0.4, -0.2) is 31.8 Å². The van der Waals surface area contributed by atoms with E-state index < -0.39 is 8.25 Å². The van der Waals surface area contributed by atoms with Crippen molar-refractivity contribution >= 4 is 8.25 Å². The molecule has 0 aromatic carbocycles. The lowest BCUT2D eigenvalue weighted by molar-refractivity contribution is 0.197. The highest BCUT2D eigenvalue weighted by molar-refractivity contribution is 7.32. The predicted molar refractivity (Wildman–Crippen MR) is 48.4 cm³/mol. The maximum atomic E-state index is 9.56. The van der Waals surface area contributed by atoms with E-state index in [2.05, 4.69) is 4.52 Å². The van der Waals surface area contributed by atoms with Gasteiger partial charge >= 0.3 is 8.25 Å². The molecule has 6 heteroatoms. The first kappa shape index (κ1) is 14.6. The number of ether oxygens (including phenoxy) is 1. The van der Waals surface area contributed by atoms with Crippen LogP contribution in [0.3, 0.4) is 0 Å². The highest BCUT2D eigenvalue weighted by Crippen LogP contribution is 2.12. The summed E-state index contributed by atoms with van der Waals surface area (Å²) in [5, 5.41) is 0. The molecule has 0 aromatic rings. The second-order valence-electron chi connectivity index (χ2n) is 1.83. The number of hydrogen-bond acceptors (Lipinski definition) is 4. The molecule has 0 aliphatic rings. The minimum atomic E-state index is -2.64. The Morgan fingerprint density at radius 1 is 1.58 bits per heavy atom. The van der Waals surface area contributed by atoms with E-state index in [0.717, 1.165) is 19.6 Å². The van der Waals surface area contributed by atoms with Crippen molar-refractivity contribution in [2.45, 2.75) is 13.3 Å². The quantitative estimate of drug-likeness (QED) is 0.494. The van der Waals surface area contributed by atoms with Gasteiger partial charge < -0.3 is 19.9 Å². The summed E-state index contributed by atoms with van der Waals surface area (Å²) in [6, 6.07) is 0. The van der Waals surface area contributed by atoms with Crippen LogP contribution in [0.2, 0.25) is 0 Å². The fourth-order valence-corrected chi connectivity index (χ4v) is 0.598. The van der Waals surface area contributed by atoms with Crippen LogP contribution < -0.4 is 5.73 Å². The SMILES string of the molecule is CCO[PH](=O)O.COCCCN. The van der Waals surface area contributed by atoms with Crippen LogP contribution in [0.1, 0.15) is 13.3 Å². The van der Waals surface area contributed by atoms with Gasteiger partial charge in [-0.25, -0.2) is 0 Å². The third-order valence-electron chi connectivity index (χ3n) is 0.820. The van der Waals surface area contributed by atoms with Gasteiger partial charge in [-0.15, -0.1) is 0 Å². The Bertz CT molecular complexity index is 97.5. The zero-order valence-corrected chi connectivity index (χ0v) is 8.58. The number of hydrogen-bond donors (Lipinski definition) is 2. The molecular weight excluding hydrogens is 181 g/mol. The minimum absolute atomic E-state index is 0.314. The topological polar surface area (TPSA) is 81.8 Å². The molecule has 0 aliphatic carbocycles. The van der Waals surface area contributed by atoms with E-state index in [4.69, 9.17) is 15.4 Å². The Morgan fingerprint density at radius 2 is 2.17 bits per heavy atom. The molecule has 0 spiro atoms. The van der Waals surface area contributed by atoms with Crippen molar-refractivity contribution in [1.29, 1.82) is 0 Å². The van der Waals surface area contributed by atoms with Crippen LogP contribution in [0.5, 0.6) is 0 Å². The van der Waals surface area contributed by atoms with Gasteiger partial charge in [-0.05, 0) is 19.9 Å². The highest BCUT2D eigenvalue weighted by atomic mass is 31.1. The van der Waals surface area contributed by atoms with E-state index in [1.807, 2.05) is 0 Å². The molecule has 0 fully saturated rings. The zero-order chi connectivity index (χ0) is 9.82. The zero-order valence-electron chi connectivity index (χ0n) is 7.58. The van der Waals surface area contributed by atoms with Crippen LogP contribution in [-0.2, 0) is 13.8 Å². The third kappa shape index (κ3) is 22.5. The lowest BCUT2D eigenvalue weighted by Crippen LogP contribution is -2.01. The molecule has 0 saturated heterocycles. The molecule has 0 aromatic heterocycles. The fraction of sp³-hybridized carbons (Fsp3) is 1.00. The summed E-state index contributed by atoms with van der Waals surface area (Å²) in [4.78, 5) is 7.88. The van der Waals surface area contributed by atoms with Crippen molar-refractivity contribution in [2.24, 2.45) is 5.73 Å². The Hall–Kier alpha value is 0.0700. The largest absolute Gasteiger partial charge is 0.385 e. The number of nitrogens with two attached hydrogens (primary N) is 1. The van der Waals surface area contributed by atoms with Crippen LogP contribution in [0, 0.1) is 0 Å². The van der Waals surface area contributed by atoms with Gasteiger partial charge in [-0.2, -0.15) is 0 Å². The van der Waals surface area contributed by atoms with E-state index in [0.29, 0.717) is 6.61 Å². The average Bonchev–Trinajstić information content (AvgIpc) is 2.02. The van der Waals surface area contributed by atoms with Crippen LogP contribution in [0.15, 0.2) is 0 Å². The number of rotatable bonds is 5. The van der Waals surface area contributed by atoms with Crippen molar-refractivity contribution < 1.29 is 18.7 Å². The summed E-state index contributed by atoms with van der Waals surface area (Å²) in [6.07, 6.45) is 0.969. The molecule has 0 rings (SSSR count). The van der Waals surface area contributed by atoms with Gasteiger partial charge in [0, 0.05) is 13.7 Å². The lowest BCUT2D eigenvalue weighted by atomic mass is 10.5. The summed E-state index contributed by atoms with van der Waals surface area (Å²) < 4.78 is 18.4. The van der Waals surface area contributed by atoms with E-state index in [1.54, 1.807) is 14.0 Å². The first-order valence-electron chi connectivity index (χ1n) is 3.73.